The Kier molecular flexibility index (Phi) is 6.99. The number of nitrogens with zero attached hydrogens (tertiary/aromatic N) is 2. The smallest absolute Gasteiger partial charge is 0.237 e. The molecule has 20 heavy (non-hydrogen) atoms. The van der Waals surface area contributed by atoms with Gasteiger partial charge >= 0.3 is 0 Å². The van der Waals surface area contributed by atoms with Crippen molar-refractivity contribution < 1.29 is 4.79 Å². The van der Waals surface area contributed by atoms with Crippen molar-refractivity contribution in [1.82, 2.24) is 15.1 Å². The molecule has 1 saturated heterocycles. The molecule has 0 aromatic heterocycles. The first-order valence-corrected chi connectivity index (χ1v) is 6.93. The predicted octanol–water partition coefficient (Wildman–Crippen LogP) is 1.36. The van der Waals surface area contributed by atoms with Gasteiger partial charge in [-0.15, -0.1) is 12.4 Å². The third kappa shape index (κ3) is 4.47. The Hall–Kier alpha value is -1.10. The van der Waals surface area contributed by atoms with Crippen molar-refractivity contribution in [1.29, 1.82) is 0 Å². The number of rotatable bonds is 6. The van der Waals surface area contributed by atoms with E-state index in [2.05, 4.69) is 22.3 Å². The summed E-state index contributed by atoms with van der Waals surface area (Å²) in [5.74, 6) is 0.209. The molecule has 1 aromatic rings. The minimum Gasteiger partial charge on any atom is -0.338 e. The minimum atomic E-state index is 0. The summed E-state index contributed by atoms with van der Waals surface area (Å²) in [6.07, 6.45) is 0. The van der Waals surface area contributed by atoms with Crippen LogP contribution in [-0.2, 0) is 11.3 Å². The Balaban J connectivity index is 0.00000200. The van der Waals surface area contributed by atoms with Crippen molar-refractivity contribution in [3.05, 3.63) is 35.9 Å². The summed E-state index contributed by atoms with van der Waals surface area (Å²) in [6.45, 7) is 5.99. The first kappa shape index (κ1) is 17.0. The second kappa shape index (κ2) is 8.25. The summed E-state index contributed by atoms with van der Waals surface area (Å²) in [5, 5.41) is 3.23. The molecule has 1 heterocycles. The molecule has 0 saturated carbocycles. The van der Waals surface area contributed by atoms with Crippen LogP contribution in [0.2, 0.25) is 0 Å². The molecular formula is C15H24ClN3O. The molecule has 1 aromatic carbocycles. The van der Waals surface area contributed by atoms with Gasteiger partial charge in [0.2, 0.25) is 5.91 Å². The number of carbonyl (C=O) groups is 1. The molecule has 0 radical (unpaired) electrons. The number of nitrogens with one attached hydrogen (secondary N) is 1. The van der Waals surface area contributed by atoms with Gasteiger partial charge in [-0.1, -0.05) is 30.3 Å². The van der Waals surface area contributed by atoms with E-state index < -0.39 is 0 Å². The summed E-state index contributed by atoms with van der Waals surface area (Å²) in [4.78, 5) is 16.4. The highest BCUT2D eigenvalue weighted by Crippen LogP contribution is 2.07. The van der Waals surface area contributed by atoms with Crippen molar-refractivity contribution in [2.75, 3.05) is 33.2 Å². The van der Waals surface area contributed by atoms with Gasteiger partial charge in [0.1, 0.15) is 0 Å². The number of hydrogen-bond acceptors (Lipinski definition) is 3. The van der Waals surface area contributed by atoms with Gasteiger partial charge < -0.3 is 10.2 Å². The molecule has 1 aliphatic rings. The van der Waals surface area contributed by atoms with E-state index in [0.717, 1.165) is 19.6 Å². The summed E-state index contributed by atoms with van der Waals surface area (Å²) >= 11 is 0. The Morgan fingerprint density at radius 2 is 1.95 bits per heavy atom. The zero-order valence-electron chi connectivity index (χ0n) is 12.2. The topological polar surface area (TPSA) is 35.6 Å². The lowest BCUT2D eigenvalue weighted by Crippen LogP contribution is -2.57. The maximum atomic E-state index is 12.3. The van der Waals surface area contributed by atoms with Gasteiger partial charge in [-0.05, 0) is 19.5 Å². The molecule has 112 valence electrons. The van der Waals surface area contributed by atoms with Crippen LogP contribution in [0.1, 0.15) is 12.5 Å². The quantitative estimate of drug-likeness (QED) is 0.861. The van der Waals surface area contributed by atoms with Crippen LogP contribution in [0.25, 0.3) is 0 Å². The maximum Gasteiger partial charge on any atom is 0.237 e. The normalized spacial score (nSPS) is 14.6. The highest BCUT2D eigenvalue weighted by atomic mass is 35.5. The van der Waals surface area contributed by atoms with E-state index in [4.69, 9.17) is 0 Å². The Labute approximate surface area is 127 Å². The minimum absolute atomic E-state index is 0. The van der Waals surface area contributed by atoms with Crippen molar-refractivity contribution in [2.45, 2.75) is 19.5 Å². The van der Waals surface area contributed by atoms with Crippen LogP contribution in [0.3, 0.4) is 0 Å². The summed E-state index contributed by atoms with van der Waals surface area (Å²) in [5.41, 5.74) is 1.19. The van der Waals surface area contributed by atoms with Crippen LogP contribution in [0, 0.1) is 0 Å². The molecular weight excluding hydrogens is 274 g/mol. The molecule has 0 spiro atoms. The molecule has 1 aliphatic heterocycles. The average molecular weight is 298 g/mol. The zero-order valence-corrected chi connectivity index (χ0v) is 13.0. The van der Waals surface area contributed by atoms with Crippen LogP contribution < -0.4 is 5.32 Å². The standard InChI is InChI=1S/C15H23N3O.ClH/c1-3-18(11-13-7-5-4-6-8-13)15(19)12-17(2)14-9-16-10-14;/h4-8,14,16H,3,9-12H2,1-2H3;1H. The third-order valence-corrected chi connectivity index (χ3v) is 3.72. The van der Waals surface area contributed by atoms with Gasteiger partial charge in [-0.25, -0.2) is 0 Å². The zero-order chi connectivity index (χ0) is 13.7. The van der Waals surface area contributed by atoms with E-state index in [1.807, 2.05) is 37.1 Å². The monoisotopic (exact) mass is 297 g/mol. The molecule has 4 nitrogen and oxygen atoms in total. The van der Waals surface area contributed by atoms with Gasteiger partial charge in [0.15, 0.2) is 0 Å². The lowest BCUT2D eigenvalue weighted by atomic mass is 10.1. The van der Waals surface area contributed by atoms with Crippen LogP contribution in [0.4, 0.5) is 0 Å². The fraction of sp³-hybridized carbons (Fsp3) is 0.533. The van der Waals surface area contributed by atoms with Gasteiger partial charge in [0, 0.05) is 32.2 Å². The van der Waals surface area contributed by atoms with Crippen molar-refractivity contribution in [3.63, 3.8) is 0 Å². The summed E-state index contributed by atoms with van der Waals surface area (Å²) in [6, 6.07) is 10.7. The second-order valence-electron chi connectivity index (χ2n) is 5.12. The molecule has 1 N–H and O–H groups in total. The third-order valence-electron chi connectivity index (χ3n) is 3.72. The van der Waals surface area contributed by atoms with Gasteiger partial charge in [0.25, 0.3) is 0 Å². The highest BCUT2D eigenvalue weighted by Gasteiger charge is 2.24. The molecule has 1 amide bonds. The number of hydrogen-bond donors (Lipinski definition) is 1. The molecule has 0 bridgehead atoms. The number of benzene rings is 1. The summed E-state index contributed by atoms with van der Waals surface area (Å²) in [7, 11) is 2.03. The van der Waals surface area contributed by atoms with E-state index in [1.165, 1.54) is 5.56 Å². The van der Waals surface area contributed by atoms with E-state index in [9.17, 15) is 4.79 Å². The van der Waals surface area contributed by atoms with E-state index in [1.54, 1.807) is 0 Å². The fourth-order valence-corrected chi connectivity index (χ4v) is 2.21. The molecule has 2 rings (SSSR count). The van der Waals surface area contributed by atoms with Crippen LogP contribution in [0.15, 0.2) is 30.3 Å². The van der Waals surface area contributed by atoms with Gasteiger partial charge in [-0.2, -0.15) is 0 Å². The maximum absolute atomic E-state index is 12.3. The van der Waals surface area contributed by atoms with Crippen molar-refractivity contribution in [2.24, 2.45) is 0 Å². The number of halogens is 1. The molecule has 0 unspecified atom stereocenters. The van der Waals surface area contributed by atoms with E-state index >= 15 is 0 Å². The Bertz CT molecular complexity index is 409. The lowest BCUT2D eigenvalue weighted by molar-refractivity contribution is -0.133. The van der Waals surface area contributed by atoms with Crippen LogP contribution in [0.5, 0.6) is 0 Å². The van der Waals surface area contributed by atoms with Crippen molar-refractivity contribution >= 4 is 18.3 Å². The van der Waals surface area contributed by atoms with Crippen molar-refractivity contribution in [3.8, 4) is 0 Å². The van der Waals surface area contributed by atoms with Crippen LogP contribution >= 0.6 is 12.4 Å². The Morgan fingerprint density at radius 3 is 2.45 bits per heavy atom. The second-order valence-corrected chi connectivity index (χ2v) is 5.12. The predicted molar refractivity (Wildman–Crippen MR) is 84.1 cm³/mol. The molecule has 0 aliphatic carbocycles. The largest absolute Gasteiger partial charge is 0.338 e. The molecule has 0 atom stereocenters. The van der Waals surface area contributed by atoms with E-state index in [0.29, 0.717) is 19.1 Å². The van der Waals surface area contributed by atoms with E-state index in [-0.39, 0.29) is 18.3 Å². The number of amides is 1. The Morgan fingerprint density at radius 1 is 1.30 bits per heavy atom. The molecule has 5 heteroatoms. The van der Waals surface area contributed by atoms with Crippen LogP contribution in [-0.4, -0.2) is 55.0 Å². The fourth-order valence-electron chi connectivity index (χ4n) is 2.21. The first-order chi connectivity index (χ1) is 9.20. The lowest BCUT2D eigenvalue weighted by Gasteiger charge is -2.36. The average Bonchev–Trinajstić information content (AvgIpc) is 2.34. The summed E-state index contributed by atoms with van der Waals surface area (Å²) < 4.78 is 0. The number of likely N-dealkylation sites (N-methyl/N-ethyl adjacent to an activating group) is 2. The first-order valence-electron chi connectivity index (χ1n) is 6.93. The SMILES string of the molecule is CCN(Cc1ccccc1)C(=O)CN(C)C1CNC1.Cl. The number of carbonyl (C=O) groups excluding carboxylic acids is 1. The van der Waals surface area contributed by atoms with Gasteiger partial charge in [0.05, 0.1) is 6.54 Å². The highest BCUT2D eigenvalue weighted by molar-refractivity contribution is 5.85. The molecule has 1 fully saturated rings. The van der Waals surface area contributed by atoms with Gasteiger partial charge in [-0.3, -0.25) is 9.69 Å².